The molecule has 0 spiro atoms. The maximum Gasteiger partial charge on any atom is 0.241 e. The highest BCUT2D eigenvalue weighted by Crippen LogP contribution is 2.27. The van der Waals surface area contributed by atoms with Crippen LogP contribution in [0.5, 0.6) is 0 Å². The zero-order valence-corrected chi connectivity index (χ0v) is 16.1. The molecule has 1 amide bonds. The first kappa shape index (κ1) is 19.6. The van der Waals surface area contributed by atoms with Crippen LogP contribution in [0.15, 0.2) is 52.0 Å². The van der Waals surface area contributed by atoms with Crippen molar-refractivity contribution in [1.29, 1.82) is 0 Å². The molecular weight excluding hydrogens is 364 g/mol. The van der Waals surface area contributed by atoms with Gasteiger partial charge in [-0.3, -0.25) is 4.79 Å². The molecule has 0 saturated heterocycles. The molecule has 27 heavy (non-hydrogen) atoms. The van der Waals surface area contributed by atoms with Gasteiger partial charge in [0.05, 0.1) is 17.7 Å². The van der Waals surface area contributed by atoms with Gasteiger partial charge in [-0.15, -0.1) is 0 Å². The Kier molecular flexibility index (Phi) is 6.68. The Morgan fingerprint density at radius 3 is 2.67 bits per heavy atom. The summed E-state index contributed by atoms with van der Waals surface area (Å²) in [6, 6.07) is 9.70. The number of rotatable bonds is 8. The Morgan fingerprint density at radius 2 is 1.93 bits per heavy atom. The molecule has 1 aliphatic carbocycles. The minimum atomic E-state index is -3.69. The summed E-state index contributed by atoms with van der Waals surface area (Å²) in [5.41, 5.74) is 0.490. The van der Waals surface area contributed by atoms with Gasteiger partial charge in [0.1, 0.15) is 5.76 Å². The summed E-state index contributed by atoms with van der Waals surface area (Å²) >= 11 is 0. The van der Waals surface area contributed by atoms with Crippen molar-refractivity contribution in [3.05, 3.63) is 48.4 Å². The smallest absolute Gasteiger partial charge is 0.241 e. The highest BCUT2D eigenvalue weighted by Gasteiger charge is 2.17. The van der Waals surface area contributed by atoms with Gasteiger partial charge in [0.15, 0.2) is 0 Å². The van der Waals surface area contributed by atoms with Gasteiger partial charge in [-0.05, 0) is 42.7 Å². The summed E-state index contributed by atoms with van der Waals surface area (Å²) in [4.78, 5) is 12.3. The third kappa shape index (κ3) is 5.94. The van der Waals surface area contributed by atoms with Crippen LogP contribution in [-0.2, 0) is 21.4 Å². The second-order valence-electron chi connectivity index (χ2n) is 7.02. The van der Waals surface area contributed by atoms with E-state index < -0.39 is 10.0 Å². The predicted molar refractivity (Wildman–Crippen MR) is 104 cm³/mol. The largest absolute Gasteiger partial charge is 0.468 e. The third-order valence-electron chi connectivity index (χ3n) is 4.95. The van der Waals surface area contributed by atoms with Crippen molar-refractivity contribution >= 4 is 21.6 Å². The van der Waals surface area contributed by atoms with E-state index in [9.17, 15) is 13.2 Å². The minimum Gasteiger partial charge on any atom is -0.468 e. The predicted octanol–water partition coefficient (Wildman–Crippen LogP) is 4.06. The summed E-state index contributed by atoms with van der Waals surface area (Å²) in [6.07, 6.45) is 9.11. The summed E-state index contributed by atoms with van der Waals surface area (Å²) in [7, 11) is -3.69. The van der Waals surface area contributed by atoms with Crippen LogP contribution >= 0.6 is 0 Å². The van der Waals surface area contributed by atoms with E-state index in [1.54, 1.807) is 24.3 Å². The van der Waals surface area contributed by atoms with E-state index in [2.05, 4.69) is 10.0 Å². The van der Waals surface area contributed by atoms with Crippen LogP contribution in [0.4, 0.5) is 5.69 Å². The second kappa shape index (κ2) is 9.19. The first-order valence-electron chi connectivity index (χ1n) is 9.45. The van der Waals surface area contributed by atoms with E-state index in [0.29, 0.717) is 23.8 Å². The number of amides is 1. The van der Waals surface area contributed by atoms with Crippen molar-refractivity contribution in [3.8, 4) is 0 Å². The summed E-state index contributed by atoms with van der Waals surface area (Å²) in [6.45, 7) is 0.0767. The fourth-order valence-corrected chi connectivity index (χ4v) is 4.48. The first-order valence-corrected chi connectivity index (χ1v) is 10.9. The van der Waals surface area contributed by atoms with Crippen LogP contribution in [-0.4, -0.2) is 14.3 Å². The number of benzene rings is 1. The zero-order valence-electron chi connectivity index (χ0n) is 15.3. The Labute approximate surface area is 160 Å². The second-order valence-corrected chi connectivity index (χ2v) is 8.79. The van der Waals surface area contributed by atoms with Crippen molar-refractivity contribution in [2.24, 2.45) is 5.92 Å². The van der Waals surface area contributed by atoms with Crippen molar-refractivity contribution in [2.75, 3.05) is 5.32 Å². The monoisotopic (exact) mass is 390 g/mol. The fraction of sp³-hybridized carbons (Fsp3) is 0.450. The molecule has 2 aromatic rings. The van der Waals surface area contributed by atoms with Crippen molar-refractivity contribution in [2.45, 2.75) is 56.4 Å². The number of furan rings is 1. The van der Waals surface area contributed by atoms with Gasteiger partial charge >= 0.3 is 0 Å². The molecule has 2 N–H and O–H groups in total. The highest BCUT2D eigenvalue weighted by atomic mass is 32.2. The van der Waals surface area contributed by atoms with Crippen molar-refractivity contribution in [3.63, 3.8) is 0 Å². The van der Waals surface area contributed by atoms with Crippen LogP contribution in [0, 0.1) is 5.92 Å². The molecule has 0 atom stereocenters. The van der Waals surface area contributed by atoms with Crippen LogP contribution in [0.2, 0.25) is 0 Å². The van der Waals surface area contributed by atoms with E-state index in [-0.39, 0.29) is 17.3 Å². The molecule has 1 aromatic heterocycles. The normalized spacial score (nSPS) is 15.6. The first-order chi connectivity index (χ1) is 13.0. The number of anilines is 1. The fourth-order valence-electron chi connectivity index (χ4n) is 3.44. The number of carbonyl (C=O) groups excluding carboxylic acids is 1. The molecule has 1 aliphatic rings. The van der Waals surface area contributed by atoms with Crippen molar-refractivity contribution in [1.82, 2.24) is 4.72 Å². The molecule has 1 fully saturated rings. The lowest BCUT2D eigenvalue weighted by molar-refractivity contribution is -0.116. The molecule has 7 heteroatoms. The van der Waals surface area contributed by atoms with Crippen LogP contribution in [0.3, 0.4) is 0 Å². The minimum absolute atomic E-state index is 0.0707. The maximum atomic E-state index is 12.4. The third-order valence-corrected chi connectivity index (χ3v) is 6.35. The lowest BCUT2D eigenvalue weighted by Gasteiger charge is -2.21. The summed E-state index contributed by atoms with van der Waals surface area (Å²) in [5, 5.41) is 2.81. The Bertz CT molecular complexity index is 841. The molecule has 1 aromatic carbocycles. The highest BCUT2D eigenvalue weighted by molar-refractivity contribution is 7.89. The topological polar surface area (TPSA) is 88.4 Å². The molecule has 0 bridgehead atoms. The molecule has 3 rings (SSSR count). The Hall–Kier alpha value is -2.12. The molecule has 0 radical (unpaired) electrons. The number of sulfonamides is 1. The van der Waals surface area contributed by atoms with Gasteiger partial charge in [0, 0.05) is 12.1 Å². The Balaban J connectivity index is 1.55. The Morgan fingerprint density at radius 1 is 1.11 bits per heavy atom. The standard InChI is InChI=1S/C20H26N2O4S/c23-20(12-11-16-6-2-1-3-7-16)22-17-8-4-10-19(14-17)27(24,25)21-15-18-9-5-13-26-18/h4-5,8-10,13-14,16,21H,1-3,6-7,11-12,15H2,(H,22,23). The van der Waals surface area contributed by atoms with Gasteiger partial charge in [-0.1, -0.05) is 38.2 Å². The van der Waals surface area contributed by atoms with E-state index >= 15 is 0 Å². The average molecular weight is 391 g/mol. The zero-order chi connectivity index (χ0) is 19.1. The lowest BCUT2D eigenvalue weighted by Crippen LogP contribution is -2.23. The number of carbonyl (C=O) groups is 1. The van der Waals surface area contributed by atoms with Gasteiger partial charge in [0.25, 0.3) is 0 Å². The molecule has 1 saturated carbocycles. The van der Waals surface area contributed by atoms with Crippen molar-refractivity contribution < 1.29 is 17.6 Å². The van der Waals surface area contributed by atoms with E-state index in [1.165, 1.54) is 50.5 Å². The van der Waals surface area contributed by atoms with E-state index in [1.807, 2.05) is 0 Å². The van der Waals surface area contributed by atoms with Crippen LogP contribution in [0.1, 0.15) is 50.7 Å². The van der Waals surface area contributed by atoms with Gasteiger partial charge in [-0.25, -0.2) is 13.1 Å². The number of nitrogens with one attached hydrogen (secondary N) is 2. The molecule has 1 heterocycles. The molecule has 146 valence electrons. The van der Waals surface area contributed by atoms with Crippen LogP contribution in [0.25, 0.3) is 0 Å². The van der Waals surface area contributed by atoms with E-state index in [4.69, 9.17) is 4.42 Å². The summed E-state index contributed by atoms with van der Waals surface area (Å²) in [5.74, 6) is 1.10. The molecule has 0 aliphatic heterocycles. The molecular formula is C20H26N2O4S. The van der Waals surface area contributed by atoms with Gasteiger partial charge in [-0.2, -0.15) is 0 Å². The van der Waals surface area contributed by atoms with Gasteiger partial charge in [0.2, 0.25) is 15.9 Å². The van der Waals surface area contributed by atoms with Crippen LogP contribution < -0.4 is 10.0 Å². The van der Waals surface area contributed by atoms with Gasteiger partial charge < -0.3 is 9.73 Å². The lowest BCUT2D eigenvalue weighted by atomic mass is 9.86. The number of hydrogen-bond donors (Lipinski definition) is 2. The SMILES string of the molecule is O=C(CCC1CCCCC1)Nc1cccc(S(=O)(=O)NCc2ccco2)c1. The number of hydrogen-bond acceptors (Lipinski definition) is 4. The maximum absolute atomic E-state index is 12.4. The van der Waals surface area contributed by atoms with E-state index in [0.717, 1.165) is 6.42 Å². The molecule has 0 unspecified atom stereocenters. The average Bonchev–Trinajstić information content (AvgIpc) is 3.20. The molecule has 6 nitrogen and oxygen atoms in total. The quantitative estimate of drug-likeness (QED) is 0.711. The summed E-state index contributed by atoms with van der Waals surface area (Å²) < 4.78 is 32.5.